The quantitative estimate of drug-likeness (QED) is 0.839. The van der Waals surface area contributed by atoms with Gasteiger partial charge in [-0.2, -0.15) is 0 Å². The molecule has 1 N–H and O–H groups in total. The lowest BCUT2D eigenvalue weighted by molar-refractivity contribution is -0.140. The van der Waals surface area contributed by atoms with Crippen LogP contribution in [-0.2, 0) is 19.1 Å². The highest BCUT2D eigenvalue weighted by molar-refractivity contribution is 5.92. The number of aliphatic carboxylic acids is 1. The van der Waals surface area contributed by atoms with E-state index in [9.17, 15) is 9.59 Å². The smallest absolute Gasteiger partial charge is 0.303 e. The molecule has 0 radical (unpaired) electrons. The number of hydrogen-bond acceptors (Lipinski definition) is 4. The predicted octanol–water partition coefficient (Wildman–Crippen LogP) is 1.12. The standard InChI is InChI=1S/C14H19NO5/c16-13(17)7-9-5-10-1-2-11(6-9)15(10)14(18)12-8-19-3-4-20-12/h8-11H,1-7H2,(H,16,17). The van der Waals surface area contributed by atoms with Gasteiger partial charge in [-0.05, 0) is 31.6 Å². The van der Waals surface area contributed by atoms with Gasteiger partial charge in [-0.3, -0.25) is 9.59 Å². The Morgan fingerprint density at radius 3 is 2.50 bits per heavy atom. The van der Waals surface area contributed by atoms with Crippen LogP contribution < -0.4 is 0 Å². The van der Waals surface area contributed by atoms with Crippen LogP contribution in [0.3, 0.4) is 0 Å². The summed E-state index contributed by atoms with van der Waals surface area (Å²) >= 11 is 0. The van der Waals surface area contributed by atoms with Crippen LogP contribution in [0.15, 0.2) is 12.0 Å². The summed E-state index contributed by atoms with van der Waals surface area (Å²) in [4.78, 5) is 25.2. The van der Waals surface area contributed by atoms with Gasteiger partial charge < -0.3 is 19.5 Å². The summed E-state index contributed by atoms with van der Waals surface area (Å²) in [6.45, 7) is 0.882. The Hall–Kier alpha value is -1.72. The summed E-state index contributed by atoms with van der Waals surface area (Å²) in [6, 6.07) is 0.300. The summed E-state index contributed by atoms with van der Waals surface area (Å²) in [5.74, 6) is -0.386. The molecule has 0 aliphatic carbocycles. The van der Waals surface area contributed by atoms with Crippen molar-refractivity contribution in [2.24, 2.45) is 5.92 Å². The molecular weight excluding hydrogens is 262 g/mol. The summed E-state index contributed by atoms with van der Waals surface area (Å²) in [5.41, 5.74) is 0. The molecule has 6 heteroatoms. The molecule has 0 saturated carbocycles. The number of carboxylic acids is 1. The number of fused-ring (bicyclic) bond motifs is 2. The van der Waals surface area contributed by atoms with Crippen LogP contribution in [0.2, 0.25) is 0 Å². The molecule has 2 atom stereocenters. The van der Waals surface area contributed by atoms with E-state index < -0.39 is 5.97 Å². The number of piperidine rings is 1. The van der Waals surface area contributed by atoms with Gasteiger partial charge in [0.15, 0.2) is 0 Å². The van der Waals surface area contributed by atoms with Crippen molar-refractivity contribution in [3.8, 4) is 0 Å². The van der Waals surface area contributed by atoms with Crippen LogP contribution >= 0.6 is 0 Å². The molecule has 3 aliphatic heterocycles. The third kappa shape index (κ3) is 2.46. The Morgan fingerprint density at radius 2 is 1.95 bits per heavy atom. The molecule has 3 heterocycles. The lowest BCUT2D eigenvalue weighted by Gasteiger charge is -2.39. The van der Waals surface area contributed by atoms with Gasteiger partial charge in [0.1, 0.15) is 19.5 Å². The van der Waals surface area contributed by atoms with Crippen molar-refractivity contribution >= 4 is 11.9 Å². The molecule has 3 aliphatic rings. The lowest BCUT2D eigenvalue weighted by Crippen LogP contribution is -2.48. The average Bonchev–Trinajstić information content (AvgIpc) is 2.70. The first kappa shape index (κ1) is 13.3. The highest BCUT2D eigenvalue weighted by Gasteiger charge is 2.44. The minimum atomic E-state index is -0.749. The maximum atomic E-state index is 12.5. The van der Waals surface area contributed by atoms with E-state index in [1.807, 2.05) is 4.90 Å². The molecule has 3 rings (SSSR count). The number of nitrogens with zero attached hydrogens (tertiary/aromatic N) is 1. The van der Waals surface area contributed by atoms with E-state index in [1.54, 1.807) is 0 Å². The van der Waals surface area contributed by atoms with Crippen molar-refractivity contribution in [3.05, 3.63) is 12.0 Å². The van der Waals surface area contributed by atoms with Crippen LogP contribution in [0.5, 0.6) is 0 Å². The van der Waals surface area contributed by atoms with E-state index in [0.29, 0.717) is 13.2 Å². The van der Waals surface area contributed by atoms with Crippen molar-refractivity contribution in [2.45, 2.75) is 44.2 Å². The Bertz CT molecular complexity index is 433. The molecule has 2 unspecified atom stereocenters. The molecular formula is C14H19NO5. The fourth-order valence-electron chi connectivity index (χ4n) is 3.64. The van der Waals surface area contributed by atoms with Crippen LogP contribution in [0, 0.1) is 5.92 Å². The molecule has 0 spiro atoms. The van der Waals surface area contributed by atoms with Gasteiger partial charge in [0.05, 0.1) is 0 Å². The number of carbonyl (C=O) groups is 2. The second-order valence-electron chi connectivity index (χ2n) is 5.73. The zero-order chi connectivity index (χ0) is 14.1. The van der Waals surface area contributed by atoms with E-state index in [2.05, 4.69) is 0 Å². The number of hydrogen-bond donors (Lipinski definition) is 1. The molecule has 110 valence electrons. The first-order valence-corrected chi connectivity index (χ1v) is 7.14. The highest BCUT2D eigenvalue weighted by atomic mass is 16.6. The number of carboxylic acid groups (broad SMARTS) is 1. The zero-order valence-corrected chi connectivity index (χ0v) is 11.3. The van der Waals surface area contributed by atoms with Gasteiger partial charge >= 0.3 is 5.97 Å². The molecule has 2 fully saturated rings. The van der Waals surface area contributed by atoms with Gasteiger partial charge in [-0.15, -0.1) is 0 Å². The van der Waals surface area contributed by atoms with Crippen molar-refractivity contribution in [3.63, 3.8) is 0 Å². The maximum Gasteiger partial charge on any atom is 0.303 e. The van der Waals surface area contributed by atoms with Gasteiger partial charge in [0.25, 0.3) is 5.91 Å². The van der Waals surface area contributed by atoms with E-state index in [-0.39, 0.29) is 36.1 Å². The molecule has 6 nitrogen and oxygen atoms in total. The van der Waals surface area contributed by atoms with Crippen LogP contribution in [0.1, 0.15) is 32.1 Å². The molecule has 0 aromatic heterocycles. The Balaban J connectivity index is 1.69. The Morgan fingerprint density at radius 1 is 1.25 bits per heavy atom. The SMILES string of the molecule is O=C(O)CC1CC2CCC(C1)N2C(=O)C1=COCCO1. The maximum absolute atomic E-state index is 12.5. The van der Waals surface area contributed by atoms with Gasteiger partial charge in [0.2, 0.25) is 5.76 Å². The van der Waals surface area contributed by atoms with Crippen LogP contribution in [0.25, 0.3) is 0 Å². The molecule has 2 bridgehead atoms. The van der Waals surface area contributed by atoms with Crippen LogP contribution in [0.4, 0.5) is 0 Å². The topological polar surface area (TPSA) is 76.1 Å². The normalized spacial score (nSPS) is 32.1. The number of carbonyl (C=O) groups excluding carboxylic acids is 1. The third-order valence-corrected chi connectivity index (χ3v) is 4.39. The lowest BCUT2D eigenvalue weighted by atomic mass is 9.88. The molecule has 0 aromatic rings. The molecule has 1 amide bonds. The highest BCUT2D eigenvalue weighted by Crippen LogP contribution is 2.40. The van der Waals surface area contributed by atoms with E-state index in [1.165, 1.54) is 6.26 Å². The predicted molar refractivity (Wildman–Crippen MR) is 68.6 cm³/mol. The molecule has 20 heavy (non-hydrogen) atoms. The third-order valence-electron chi connectivity index (χ3n) is 4.39. The van der Waals surface area contributed by atoms with Crippen LogP contribution in [-0.4, -0.2) is 47.2 Å². The summed E-state index contributed by atoms with van der Waals surface area (Å²) < 4.78 is 10.5. The van der Waals surface area contributed by atoms with Crippen molar-refractivity contribution < 1.29 is 24.2 Å². The first-order chi connectivity index (χ1) is 9.65. The average molecular weight is 281 g/mol. The first-order valence-electron chi connectivity index (χ1n) is 7.14. The van der Waals surface area contributed by atoms with Crippen molar-refractivity contribution in [1.82, 2.24) is 4.90 Å². The largest absolute Gasteiger partial charge is 0.494 e. The van der Waals surface area contributed by atoms with Gasteiger partial charge in [-0.25, -0.2) is 0 Å². The summed E-state index contributed by atoms with van der Waals surface area (Å²) in [5, 5.41) is 8.91. The Kier molecular flexibility index (Phi) is 3.54. The summed E-state index contributed by atoms with van der Waals surface area (Å²) in [7, 11) is 0. The van der Waals surface area contributed by atoms with Crippen molar-refractivity contribution in [2.75, 3.05) is 13.2 Å². The number of amides is 1. The van der Waals surface area contributed by atoms with Crippen molar-refractivity contribution in [1.29, 1.82) is 0 Å². The second kappa shape index (κ2) is 5.34. The second-order valence-corrected chi connectivity index (χ2v) is 5.73. The molecule has 2 saturated heterocycles. The molecule has 0 aromatic carbocycles. The fraction of sp³-hybridized carbons (Fsp3) is 0.714. The van der Waals surface area contributed by atoms with Gasteiger partial charge in [0, 0.05) is 18.5 Å². The zero-order valence-electron chi connectivity index (χ0n) is 11.3. The minimum Gasteiger partial charge on any atom is -0.494 e. The van der Waals surface area contributed by atoms with Gasteiger partial charge in [-0.1, -0.05) is 0 Å². The summed E-state index contributed by atoms with van der Waals surface area (Å²) in [6.07, 6.45) is 5.08. The van der Waals surface area contributed by atoms with E-state index in [0.717, 1.165) is 25.7 Å². The number of ether oxygens (including phenoxy) is 2. The van der Waals surface area contributed by atoms with E-state index >= 15 is 0 Å². The number of rotatable bonds is 3. The minimum absolute atomic E-state index is 0.106. The Labute approximate surface area is 117 Å². The fourth-order valence-corrected chi connectivity index (χ4v) is 3.64. The monoisotopic (exact) mass is 281 g/mol. The van der Waals surface area contributed by atoms with E-state index in [4.69, 9.17) is 14.6 Å².